The molecule has 1 aromatic carbocycles. The first-order chi connectivity index (χ1) is 14.9. The van der Waals surface area contributed by atoms with Gasteiger partial charge in [0.25, 0.3) is 0 Å². The van der Waals surface area contributed by atoms with Crippen LogP contribution in [-0.2, 0) is 13.5 Å². The number of benzene rings is 1. The second-order valence-electron chi connectivity index (χ2n) is 8.95. The number of aromatic amines is 1. The Bertz CT molecular complexity index is 1270. The molecule has 6 nitrogen and oxygen atoms in total. The molecule has 3 heterocycles. The number of hydrogen-bond acceptors (Lipinski definition) is 4. The number of nitrogens with zero attached hydrogens (tertiary/aromatic N) is 3. The third kappa shape index (κ3) is 3.54. The highest BCUT2D eigenvalue weighted by Crippen LogP contribution is 2.43. The molecule has 0 bridgehead atoms. The molecule has 0 amide bonds. The van der Waals surface area contributed by atoms with Crippen molar-refractivity contribution in [2.75, 3.05) is 5.32 Å². The van der Waals surface area contributed by atoms with Crippen LogP contribution in [0.1, 0.15) is 36.3 Å². The fraction of sp³-hybridized carbons (Fsp3) is 0.240. The Hall–Kier alpha value is -3.67. The maximum atomic E-state index is 13.2. The van der Waals surface area contributed by atoms with Gasteiger partial charge < -0.3 is 10.3 Å². The van der Waals surface area contributed by atoms with Gasteiger partial charge in [0.05, 0.1) is 22.6 Å². The number of aromatic nitrogens is 4. The number of ketones is 1. The normalized spacial score (nSPS) is 15.0. The summed E-state index contributed by atoms with van der Waals surface area (Å²) >= 11 is 0. The molecule has 31 heavy (non-hydrogen) atoms. The SMILES string of the molecule is Cn1nccc1-c1cccc(Nc2c(-c3ccncc3)[nH]c3c2C(=O)CC(C)(C)C3)c1. The van der Waals surface area contributed by atoms with E-state index in [-0.39, 0.29) is 11.2 Å². The molecule has 6 heteroatoms. The van der Waals surface area contributed by atoms with Gasteiger partial charge in [0.1, 0.15) is 0 Å². The molecule has 5 rings (SSSR count). The van der Waals surface area contributed by atoms with E-state index in [4.69, 9.17) is 0 Å². The lowest BCUT2D eigenvalue weighted by Gasteiger charge is -2.28. The van der Waals surface area contributed by atoms with Gasteiger partial charge in [-0.15, -0.1) is 0 Å². The van der Waals surface area contributed by atoms with Crippen LogP contribution in [0.4, 0.5) is 11.4 Å². The fourth-order valence-electron chi connectivity index (χ4n) is 4.47. The smallest absolute Gasteiger partial charge is 0.167 e. The molecule has 0 radical (unpaired) electrons. The highest BCUT2D eigenvalue weighted by atomic mass is 16.1. The van der Waals surface area contributed by atoms with Crippen molar-refractivity contribution in [2.45, 2.75) is 26.7 Å². The van der Waals surface area contributed by atoms with Crippen LogP contribution in [0.15, 0.2) is 61.1 Å². The number of H-pyrrole nitrogens is 1. The largest absolute Gasteiger partial charge is 0.356 e. The van der Waals surface area contributed by atoms with E-state index in [0.29, 0.717) is 6.42 Å². The molecule has 156 valence electrons. The average molecular weight is 412 g/mol. The summed E-state index contributed by atoms with van der Waals surface area (Å²) in [7, 11) is 1.93. The van der Waals surface area contributed by atoms with Crippen LogP contribution in [0.2, 0.25) is 0 Å². The van der Waals surface area contributed by atoms with Gasteiger partial charge in [-0.3, -0.25) is 14.5 Å². The molecule has 0 atom stereocenters. The average Bonchev–Trinajstić information content (AvgIpc) is 3.31. The minimum atomic E-state index is -0.0544. The fourth-order valence-corrected chi connectivity index (χ4v) is 4.47. The van der Waals surface area contributed by atoms with Crippen molar-refractivity contribution in [1.82, 2.24) is 19.7 Å². The molecule has 0 aliphatic heterocycles. The highest BCUT2D eigenvalue weighted by molar-refractivity contribution is 6.07. The Balaban J connectivity index is 1.62. The number of pyridine rings is 1. The van der Waals surface area contributed by atoms with Crippen molar-refractivity contribution in [3.8, 4) is 22.5 Å². The van der Waals surface area contributed by atoms with Crippen LogP contribution in [0, 0.1) is 5.41 Å². The summed E-state index contributed by atoms with van der Waals surface area (Å²) in [5.74, 6) is 0.174. The Morgan fingerprint density at radius 2 is 1.84 bits per heavy atom. The van der Waals surface area contributed by atoms with Gasteiger partial charge >= 0.3 is 0 Å². The first-order valence-electron chi connectivity index (χ1n) is 10.5. The number of Topliss-reactive ketones (excluding diaryl/α,β-unsaturated/α-hetero) is 1. The number of hydrogen-bond donors (Lipinski definition) is 2. The Labute approximate surface area is 181 Å². The highest BCUT2D eigenvalue weighted by Gasteiger charge is 2.35. The topological polar surface area (TPSA) is 75.6 Å². The van der Waals surface area contributed by atoms with E-state index in [1.807, 2.05) is 42.1 Å². The summed E-state index contributed by atoms with van der Waals surface area (Å²) < 4.78 is 1.85. The first-order valence-corrected chi connectivity index (χ1v) is 10.5. The van der Waals surface area contributed by atoms with Crippen molar-refractivity contribution >= 4 is 17.2 Å². The predicted octanol–water partition coefficient (Wildman–Crippen LogP) is 5.38. The molecule has 1 aliphatic rings. The summed E-state index contributed by atoms with van der Waals surface area (Å²) in [6.07, 6.45) is 6.71. The van der Waals surface area contributed by atoms with Crippen LogP contribution in [0.3, 0.4) is 0 Å². The van der Waals surface area contributed by atoms with Crippen molar-refractivity contribution in [2.24, 2.45) is 12.5 Å². The van der Waals surface area contributed by atoms with E-state index < -0.39 is 0 Å². The van der Waals surface area contributed by atoms with Gasteiger partial charge in [0, 0.05) is 54.6 Å². The van der Waals surface area contributed by atoms with E-state index in [2.05, 4.69) is 46.4 Å². The molecule has 3 aromatic heterocycles. The standard InChI is InChI=1S/C25H25N5O/c1-25(2)14-19-22(21(31)15-25)24(23(29-19)16-7-10-26-11-8-16)28-18-6-4-5-17(13-18)20-9-12-27-30(20)3/h4-13,28-29H,14-15H2,1-3H3. The third-order valence-corrected chi connectivity index (χ3v) is 5.87. The van der Waals surface area contributed by atoms with Crippen LogP contribution in [-0.4, -0.2) is 25.5 Å². The Morgan fingerprint density at radius 1 is 1.03 bits per heavy atom. The maximum absolute atomic E-state index is 13.2. The molecular formula is C25H25N5O. The lowest BCUT2D eigenvalue weighted by atomic mass is 9.76. The summed E-state index contributed by atoms with van der Waals surface area (Å²) in [5.41, 5.74) is 7.50. The molecule has 0 saturated heterocycles. The van der Waals surface area contributed by atoms with Gasteiger partial charge in [-0.1, -0.05) is 26.0 Å². The third-order valence-electron chi connectivity index (χ3n) is 5.87. The molecule has 2 N–H and O–H groups in total. The lowest BCUT2D eigenvalue weighted by Crippen LogP contribution is -2.26. The summed E-state index contributed by atoms with van der Waals surface area (Å²) in [4.78, 5) is 20.9. The predicted molar refractivity (Wildman–Crippen MR) is 122 cm³/mol. The van der Waals surface area contributed by atoms with Gasteiger partial charge in [-0.2, -0.15) is 5.10 Å². The zero-order chi connectivity index (χ0) is 21.6. The number of aryl methyl sites for hydroxylation is 1. The number of fused-ring (bicyclic) bond motifs is 1. The maximum Gasteiger partial charge on any atom is 0.167 e. The van der Waals surface area contributed by atoms with Crippen molar-refractivity contribution in [1.29, 1.82) is 0 Å². The minimum Gasteiger partial charge on any atom is -0.356 e. The van der Waals surface area contributed by atoms with Crippen molar-refractivity contribution < 1.29 is 4.79 Å². The van der Waals surface area contributed by atoms with E-state index in [9.17, 15) is 4.79 Å². The van der Waals surface area contributed by atoms with Crippen LogP contribution < -0.4 is 5.32 Å². The van der Waals surface area contributed by atoms with Crippen LogP contribution in [0.5, 0.6) is 0 Å². The summed E-state index contributed by atoms with van der Waals surface area (Å²) in [6.45, 7) is 4.29. The van der Waals surface area contributed by atoms with Gasteiger partial charge in [-0.25, -0.2) is 0 Å². The van der Waals surface area contributed by atoms with Crippen LogP contribution >= 0.6 is 0 Å². The van der Waals surface area contributed by atoms with Crippen molar-refractivity contribution in [3.05, 3.63) is 72.3 Å². The minimum absolute atomic E-state index is 0.0544. The summed E-state index contributed by atoms with van der Waals surface area (Å²) in [5, 5.41) is 7.83. The van der Waals surface area contributed by atoms with E-state index in [1.165, 1.54) is 0 Å². The van der Waals surface area contributed by atoms with E-state index in [1.54, 1.807) is 18.6 Å². The Morgan fingerprint density at radius 3 is 2.58 bits per heavy atom. The molecular weight excluding hydrogens is 386 g/mol. The van der Waals surface area contributed by atoms with E-state index >= 15 is 0 Å². The zero-order valence-electron chi connectivity index (χ0n) is 17.9. The quantitative estimate of drug-likeness (QED) is 0.473. The zero-order valence-corrected chi connectivity index (χ0v) is 17.9. The number of anilines is 2. The molecule has 0 spiro atoms. The number of carbonyl (C=O) groups is 1. The molecule has 0 unspecified atom stereocenters. The van der Waals surface area contributed by atoms with E-state index in [0.717, 1.165) is 51.6 Å². The van der Waals surface area contributed by atoms with Gasteiger partial charge in [0.15, 0.2) is 5.78 Å². The first kappa shape index (κ1) is 19.3. The van der Waals surface area contributed by atoms with Crippen LogP contribution in [0.25, 0.3) is 22.5 Å². The Kier molecular flexibility index (Phi) is 4.50. The number of rotatable bonds is 4. The van der Waals surface area contributed by atoms with Crippen molar-refractivity contribution in [3.63, 3.8) is 0 Å². The number of nitrogens with one attached hydrogen (secondary N) is 2. The lowest BCUT2D eigenvalue weighted by molar-refractivity contribution is 0.0912. The molecule has 0 saturated carbocycles. The molecule has 4 aromatic rings. The molecule has 1 aliphatic carbocycles. The molecule has 0 fully saturated rings. The second-order valence-corrected chi connectivity index (χ2v) is 8.95. The second kappa shape index (κ2) is 7.23. The monoisotopic (exact) mass is 411 g/mol. The number of carbonyl (C=O) groups excluding carboxylic acids is 1. The summed E-state index contributed by atoms with van der Waals surface area (Å²) in [6, 6.07) is 14.1. The van der Waals surface area contributed by atoms with Gasteiger partial charge in [0.2, 0.25) is 0 Å². The van der Waals surface area contributed by atoms with Gasteiger partial charge in [-0.05, 0) is 42.2 Å².